The molecule has 4 heteroatoms. The highest BCUT2D eigenvalue weighted by atomic mass is 16.1. The van der Waals surface area contributed by atoms with Crippen molar-refractivity contribution in [2.24, 2.45) is 0 Å². The van der Waals surface area contributed by atoms with Gasteiger partial charge in [-0.1, -0.05) is 26.7 Å². The van der Waals surface area contributed by atoms with Crippen LogP contribution in [0.2, 0.25) is 0 Å². The molecule has 1 N–H and O–H groups in total. The van der Waals surface area contributed by atoms with Crippen molar-refractivity contribution in [1.29, 1.82) is 0 Å². The van der Waals surface area contributed by atoms with E-state index in [1.54, 1.807) is 13.0 Å². The highest BCUT2D eigenvalue weighted by molar-refractivity contribution is 5.96. The maximum Gasteiger partial charge on any atom is 0.221 e. The normalized spacial score (nSPS) is 10.8. The van der Waals surface area contributed by atoms with Crippen molar-refractivity contribution in [1.82, 2.24) is 4.90 Å². The lowest BCUT2D eigenvalue weighted by Crippen LogP contribution is -2.26. The third-order valence-corrected chi connectivity index (χ3v) is 3.87. The summed E-state index contributed by atoms with van der Waals surface area (Å²) in [6, 6.07) is 5.53. The maximum atomic E-state index is 11.7. The predicted molar refractivity (Wildman–Crippen MR) is 95.8 cm³/mol. The number of hydrogen-bond donors (Lipinski definition) is 1. The first kappa shape index (κ1) is 19.4. The Morgan fingerprint density at radius 1 is 1.04 bits per heavy atom. The summed E-state index contributed by atoms with van der Waals surface area (Å²) in [7, 11) is 0. The molecule has 1 aromatic carbocycles. The van der Waals surface area contributed by atoms with Crippen LogP contribution in [0.25, 0.3) is 0 Å². The van der Waals surface area contributed by atoms with Crippen LogP contribution in [0, 0.1) is 0 Å². The minimum atomic E-state index is -0.0875. The molecule has 4 nitrogen and oxygen atoms in total. The van der Waals surface area contributed by atoms with Crippen LogP contribution in [0.3, 0.4) is 0 Å². The number of nitrogens with zero attached hydrogens (tertiary/aromatic N) is 1. The van der Waals surface area contributed by atoms with Gasteiger partial charge in [-0.3, -0.25) is 14.5 Å². The van der Waals surface area contributed by atoms with Crippen LogP contribution >= 0.6 is 0 Å². The van der Waals surface area contributed by atoms with Crippen LogP contribution in [-0.4, -0.2) is 29.7 Å². The van der Waals surface area contributed by atoms with E-state index in [9.17, 15) is 9.59 Å². The largest absolute Gasteiger partial charge is 0.326 e. The second-order valence-corrected chi connectivity index (χ2v) is 6.09. The number of ketones is 1. The van der Waals surface area contributed by atoms with E-state index in [-0.39, 0.29) is 11.7 Å². The number of rotatable bonds is 10. The summed E-state index contributed by atoms with van der Waals surface area (Å²) in [4.78, 5) is 25.5. The number of Topliss-reactive ketones (excluding diaryl/α,β-unsaturated/α-hetero) is 1. The molecule has 1 rings (SSSR count). The zero-order valence-electron chi connectivity index (χ0n) is 14.9. The monoisotopic (exact) mass is 318 g/mol. The Morgan fingerprint density at radius 3 is 2.13 bits per heavy atom. The summed E-state index contributed by atoms with van der Waals surface area (Å²) < 4.78 is 0. The molecule has 1 aromatic rings. The van der Waals surface area contributed by atoms with Gasteiger partial charge in [0.05, 0.1) is 0 Å². The molecule has 0 saturated carbocycles. The molecule has 0 aliphatic carbocycles. The molecular formula is C19H30N2O2. The van der Waals surface area contributed by atoms with E-state index < -0.39 is 0 Å². The molecule has 1 amide bonds. The van der Waals surface area contributed by atoms with E-state index in [0.29, 0.717) is 5.56 Å². The van der Waals surface area contributed by atoms with Crippen molar-refractivity contribution in [2.45, 2.75) is 59.9 Å². The van der Waals surface area contributed by atoms with E-state index in [2.05, 4.69) is 24.1 Å². The lowest BCUT2D eigenvalue weighted by atomic mass is 10.0. The molecule has 0 bridgehead atoms. The van der Waals surface area contributed by atoms with Gasteiger partial charge in [-0.15, -0.1) is 0 Å². The van der Waals surface area contributed by atoms with Crippen LogP contribution in [0.5, 0.6) is 0 Å². The zero-order valence-corrected chi connectivity index (χ0v) is 14.9. The van der Waals surface area contributed by atoms with Crippen molar-refractivity contribution in [3.63, 3.8) is 0 Å². The van der Waals surface area contributed by atoms with Crippen LogP contribution in [0.15, 0.2) is 18.2 Å². The molecule has 0 unspecified atom stereocenters. The molecule has 0 aromatic heterocycles. The number of anilines is 1. The van der Waals surface area contributed by atoms with Crippen molar-refractivity contribution in [3.8, 4) is 0 Å². The summed E-state index contributed by atoms with van der Waals surface area (Å²) in [5.74, 6) is -0.0372. The topological polar surface area (TPSA) is 49.4 Å². The number of benzene rings is 1. The first-order valence-corrected chi connectivity index (χ1v) is 8.61. The fourth-order valence-corrected chi connectivity index (χ4v) is 2.53. The minimum Gasteiger partial charge on any atom is -0.326 e. The predicted octanol–water partition coefficient (Wildman–Crippen LogP) is 4.25. The third-order valence-electron chi connectivity index (χ3n) is 3.87. The zero-order chi connectivity index (χ0) is 17.2. The Bertz CT molecular complexity index is 518. The van der Waals surface area contributed by atoms with Gasteiger partial charge in [0.15, 0.2) is 5.78 Å². The Hall–Kier alpha value is -1.68. The summed E-state index contributed by atoms with van der Waals surface area (Å²) >= 11 is 0. The van der Waals surface area contributed by atoms with Crippen LogP contribution in [-0.2, 0) is 11.3 Å². The molecule has 0 spiro atoms. The fourth-order valence-electron chi connectivity index (χ4n) is 2.53. The Morgan fingerprint density at radius 2 is 1.65 bits per heavy atom. The van der Waals surface area contributed by atoms with E-state index in [1.165, 1.54) is 6.92 Å². The van der Waals surface area contributed by atoms with Gasteiger partial charge in [-0.2, -0.15) is 0 Å². The molecular weight excluding hydrogens is 288 g/mol. The first-order valence-electron chi connectivity index (χ1n) is 8.61. The smallest absolute Gasteiger partial charge is 0.221 e. The van der Waals surface area contributed by atoms with Gasteiger partial charge in [-0.05, 0) is 56.6 Å². The van der Waals surface area contributed by atoms with Crippen LogP contribution < -0.4 is 5.32 Å². The highest BCUT2D eigenvalue weighted by Gasteiger charge is 2.12. The molecule has 0 saturated heterocycles. The third kappa shape index (κ3) is 6.95. The second kappa shape index (κ2) is 10.2. The van der Waals surface area contributed by atoms with Crippen molar-refractivity contribution >= 4 is 17.4 Å². The molecule has 0 atom stereocenters. The maximum absolute atomic E-state index is 11.7. The molecule has 0 radical (unpaired) electrons. The number of unbranched alkanes of at least 4 members (excludes halogenated alkanes) is 2. The van der Waals surface area contributed by atoms with Gasteiger partial charge in [0, 0.05) is 24.7 Å². The van der Waals surface area contributed by atoms with Gasteiger partial charge < -0.3 is 5.32 Å². The standard InChI is InChI=1S/C19H30N2O2/c1-5-7-11-21(12-8-6-2)14-18-13-17(15(3)22)9-10-19(18)20-16(4)23/h9-10,13H,5-8,11-12,14H2,1-4H3,(H,20,23). The van der Waals surface area contributed by atoms with E-state index in [4.69, 9.17) is 0 Å². The number of amides is 1. The second-order valence-electron chi connectivity index (χ2n) is 6.09. The summed E-state index contributed by atoms with van der Waals surface area (Å²) in [6.07, 6.45) is 4.64. The average Bonchev–Trinajstić information content (AvgIpc) is 2.50. The molecule has 128 valence electrons. The van der Waals surface area contributed by atoms with E-state index >= 15 is 0 Å². The van der Waals surface area contributed by atoms with Gasteiger partial charge in [0.25, 0.3) is 0 Å². The van der Waals surface area contributed by atoms with Gasteiger partial charge in [0.1, 0.15) is 0 Å². The number of nitrogens with one attached hydrogen (secondary N) is 1. The highest BCUT2D eigenvalue weighted by Crippen LogP contribution is 2.21. The van der Waals surface area contributed by atoms with Gasteiger partial charge in [0.2, 0.25) is 5.91 Å². The van der Waals surface area contributed by atoms with E-state index in [1.807, 2.05) is 12.1 Å². The lowest BCUT2D eigenvalue weighted by Gasteiger charge is -2.24. The molecule has 0 aliphatic heterocycles. The Labute approximate surface area is 140 Å². The quantitative estimate of drug-likeness (QED) is 0.656. The average molecular weight is 318 g/mol. The first-order chi connectivity index (χ1) is 11.0. The van der Waals surface area contributed by atoms with Crippen molar-refractivity contribution in [2.75, 3.05) is 18.4 Å². The Balaban J connectivity index is 3.00. The summed E-state index contributed by atoms with van der Waals surface area (Å²) in [6.45, 7) is 10.3. The lowest BCUT2D eigenvalue weighted by molar-refractivity contribution is -0.114. The molecule has 0 fully saturated rings. The van der Waals surface area contributed by atoms with Crippen LogP contribution in [0.1, 0.15) is 69.3 Å². The fraction of sp³-hybridized carbons (Fsp3) is 0.579. The van der Waals surface area contributed by atoms with Gasteiger partial charge in [-0.25, -0.2) is 0 Å². The molecule has 23 heavy (non-hydrogen) atoms. The van der Waals surface area contributed by atoms with E-state index in [0.717, 1.165) is 56.6 Å². The minimum absolute atomic E-state index is 0.0503. The van der Waals surface area contributed by atoms with Gasteiger partial charge >= 0.3 is 0 Å². The molecule has 0 aliphatic rings. The molecule has 0 heterocycles. The Kier molecular flexibility index (Phi) is 8.56. The van der Waals surface area contributed by atoms with Crippen molar-refractivity contribution < 1.29 is 9.59 Å². The number of carbonyl (C=O) groups excluding carboxylic acids is 2. The summed E-state index contributed by atoms with van der Waals surface area (Å²) in [5, 5.41) is 2.88. The number of hydrogen-bond acceptors (Lipinski definition) is 3. The number of carbonyl (C=O) groups is 2. The summed E-state index contributed by atoms with van der Waals surface area (Å²) in [5.41, 5.74) is 2.51. The van der Waals surface area contributed by atoms with Crippen molar-refractivity contribution in [3.05, 3.63) is 29.3 Å². The SMILES string of the molecule is CCCCN(CCCC)Cc1cc(C(C)=O)ccc1NC(C)=O. The van der Waals surface area contributed by atoms with Crippen LogP contribution in [0.4, 0.5) is 5.69 Å².